The fourth-order valence-corrected chi connectivity index (χ4v) is 2.27. The second-order valence-corrected chi connectivity index (χ2v) is 4.75. The zero-order valence-electron chi connectivity index (χ0n) is 10.6. The number of carboxylic acid groups (broad SMARTS) is 1. The third-order valence-corrected chi connectivity index (χ3v) is 3.32. The molecule has 1 amide bonds. The van der Waals surface area contributed by atoms with Crippen LogP contribution in [0.4, 0.5) is 5.69 Å². The molecule has 1 aliphatic carbocycles. The Labute approximate surface area is 111 Å². The van der Waals surface area contributed by atoms with Gasteiger partial charge in [0.25, 0.3) is 0 Å². The van der Waals surface area contributed by atoms with E-state index in [1.54, 1.807) is 18.3 Å². The number of nitrogens with one attached hydrogen (secondary N) is 1. The van der Waals surface area contributed by atoms with E-state index in [-0.39, 0.29) is 5.91 Å². The van der Waals surface area contributed by atoms with Crippen LogP contribution < -0.4 is 10.4 Å². The van der Waals surface area contributed by atoms with Crippen molar-refractivity contribution in [3.63, 3.8) is 0 Å². The van der Waals surface area contributed by atoms with E-state index in [0.717, 1.165) is 5.57 Å². The van der Waals surface area contributed by atoms with E-state index in [0.29, 0.717) is 18.5 Å². The summed E-state index contributed by atoms with van der Waals surface area (Å²) in [6.45, 7) is 1.90. The number of nitrogens with zero attached hydrogens (tertiary/aromatic N) is 1. The Morgan fingerprint density at radius 2 is 2.21 bits per heavy atom. The largest absolute Gasteiger partial charge is 0.550 e. The van der Waals surface area contributed by atoms with Gasteiger partial charge in [0, 0.05) is 18.1 Å². The number of pyridine rings is 1. The Bertz CT molecular complexity index is 511. The van der Waals surface area contributed by atoms with Gasteiger partial charge in [0.15, 0.2) is 0 Å². The van der Waals surface area contributed by atoms with E-state index in [2.05, 4.69) is 10.3 Å². The van der Waals surface area contributed by atoms with E-state index in [4.69, 9.17) is 0 Å². The fraction of sp³-hybridized carbons (Fsp3) is 0.357. The smallest absolute Gasteiger partial charge is 0.228 e. The van der Waals surface area contributed by atoms with Crippen LogP contribution in [0.2, 0.25) is 0 Å². The summed E-state index contributed by atoms with van der Waals surface area (Å²) in [5, 5.41) is 13.8. The number of aromatic nitrogens is 1. The van der Waals surface area contributed by atoms with Crippen molar-refractivity contribution in [2.75, 3.05) is 5.32 Å². The van der Waals surface area contributed by atoms with Crippen molar-refractivity contribution in [2.45, 2.75) is 19.8 Å². The van der Waals surface area contributed by atoms with E-state index < -0.39 is 17.8 Å². The first-order valence-electron chi connectivity index (χ1n) is 6.15. The first-order chi connectivity index (χ1) is 9.08. The summed E-state index contributed by atoms with van der Waals surface area (Å²) >= 11 is 0. The Morgan fingerprint density at radius 1 is 1.42 bits per heavy atom. The van der Waals surface area contributed by atoms with Crippen LogP contribution >= 0.6 is 0 Å². The molecule has 0 radical (unpaired) electrons. The van der Waals surface area contributed by atoms with Crippen LogP contribution in [0.25, 0.3) is 0 Å². The maximum atomic E-state index is 12.2. The lowest BCUT2D eigenvalue weighted by molar-refractivity contribution is -0.313. The monoisotopic (exact) mass is 259 g/mol. The number of carbonyl (C=O) groups is 2. The van der Waals surface area contributed by atoms with Crippen LogP contribution in [0.15, 0.2) is 36.2 Å². The Morgan fingerprint density at radius 3 is 2.84 bits per heavy atom. The fourth-order valence-electron chi connectivity index (χ4n) is 2.27. The zero-order chi connectivity index (χ0) is 13.8. The highest BCUT2D eigenvalue weighted by Gasteiger charge is 2.31. The first-order valence-corrected chi connectivity index (χ1v) is 6.15. The lowest BCUT2D eigenvalue weighted by Gasteiger charge is -2.30. The number of allylic oxidation sites excluding steroid dienone is 2. The van der Waals surface area contributed by atoms with Crippen molar-refractivity contribution in [1.29, 1.82) is 0 Å². The minimum absolute atomic E-state index is 0.297. The zero-order valence-corrected chi connectivity index (χ0v) is 10.6. The Balaban J connectivity index is 2.12. The van der Waals surface area contributed by atoms with Crippen LogP contribution in [0.1, 0.15) is 19.8 Å². The van der Waals surface area contributed by atoms with Gasteiger partial charge in [0.05, 0.1) is 17.8 Å². The predicted molar refractivity (Wildman–Crippen MR) is 67.8 cm³/mol. The van der Waals surface area contributed by atoms with E-state index in [9.17, 15) is 14.7 Å². The Hall–Kier alpha value is -2.17. The molecule has 5 nitrogen and oxygen atoms in total. The molecule has 5 heteroatoms. The van der Waals surface area contributed by atoms with Gasteiger partial charge in [0.1, 0.15) is 0 Å². The number of aliphatic carboxylic acids is 1. The molecule has 2 rings (SSSR count). The van der Waals surface area contributed by atoms with Crippen molar-refractivity contribution >= 4 is 17.6 Å². The van der Waals surface area contributed by atoms with Gasteiger partial charge in [0.2, 0.25) is 5.91 Å². The second-order valence-electron chi connectivity index (χ2n) is 4.75. The molecule has 1 heterocycles. The molecule has 0 unspecified atom stereocenters. The van der Waals surface area contributed by atoms with Crippen molar-refractivity contribution < 1.29 is 14.7 Å². The molecule has 0 saturated carbocycles. The topological polar surface area (TPSA) is 82.1 Å². The maximum Gasteiger partial charge on any atom is 0.228 e. The molecule has 0 bridgehead atoms. The summed E-state index contributed by atoms with van der Waals surface area (Å²) in [7, 11) is 0. The number of rotatable bonds is 3. The number of hydrogen-bond donors (Lipinski definition) is 1. The number of anilines is 1. The maximum absolute atomic E-state index is 12.2. The standard InChI is InChI=1S/C14H16N2O3/c1-9-4-5-11(14(18)19)12(7-9)13(17)16-10-3-2-6-15-8-10/h2-4,6,8,11-12H,5,7H2,1H3,(H,16,17)(H,18,19)/p-1/t11-,12-/m1/s1. The molecule has 1 aromatic heterocycles. The predicted octanol–water partition coefficient (Wildman–Crippen LogP) is 0.742. The van der Waals surface area contributed by atoms with Gasteiger partial charge in [-0.05, 0) is 31.9 Å². The van der Waals surface area contributed by atoms with Crippen molar-refractivity contribution in [1.82, 2.24) is 4.98 Å². The quantitative estimate of drug-likeness (QED) is 0.812. The highest BCUT2D eigenvalue weighted by atomic mass is 16.4. The number of amides is 1. The average Bonchev–Trinajstić information content (AvgIpc) is 2.39. The molecular weight excluding hydrogens is 244 g/mol. The molecule has 0 fully saturated rings. The summed E-state index contributed by atoms with van der Waals surface area (Å²) in [6, 6.07) is 3.42. The van der Waals surface area contributed by atoms with Crippen molar-refractivity contribution in [3.05, 3.63) is 36.2 Å². The van der Waals surface area contributed by atoms with Gasteiger partial charge in [-0.1, -0.05) is 11.6 Å². The minimum atomic E-state index is -1.17. The molecule has 0 spiro atoms. The average molecular weight is 259 g/mol. The van der Waals surface area contributed by atoms with E-state index in [1.807, 2.05) is 13.0 Å². The molecule has 100 valence electrons. The van der Waals surface area contributed by atoms with Gasteiger partial charge in [-0.3, -0.25) is 9.78 Å². The van der Waals surface area contributed by atoms with Gasteiger partial charge in [-0.25, -0.2) is 0 Å². The first kappa shape index (κ1) is 13.3. The highest BCUT2D eigenvalue weighted by molar-refractivity contribution is 5.95. The minimum Gasteiger partial charge on any atom is -0.550 e. The van der Waals surface area contributed by atoms with E-state index >= 15 is 0 Å². The third-order valence-electron chi connectivity index (χ3n) is 3.32. The number of carboxylic acids is 1. The van der Waals surface area contributed by atoms with Gasteiger partial charge in [-0.15, -0.1) is 0 Å². The molecule has 19 heavy (non-hydrogen) atoms. The summed E-state index contributed by atoms with van der Waals surface area (Å²) in [6.07, 6.45) is 5.78. The van der Waals surface area contributed by atoms with Crippen LogP contribution in [-0.2, 0) is 9.59 Å². The van der Waals surface area contributed by atoms with Crippen molar-refractivity contribution in [2.24, 2.45) is 11.8 Å². The second kappa shape index (κ2) is 5.65. The molecular formula is C14H15N2O3-. The lowest BCUT2D eigenvalue weighted by Crippen LogP contribution is -2.42. The summed E-state index contributed by atoms with van der Waals surface area (Å²) in [4.78, 5) is 27.2. The van der Waals surface area contributed by atoms with Crippen LogP contribution in [-0.4, -0.2) is 16.9 Å². The summed E-state index contributed by atoms with van der Waals surface area (Å²) < 4.78 is 0. The normalized spacial score (nSPS) is 22.5. The summed E-state index contributed by atoms with van der Waals surface area (Å²) in [5.41, 5.74) is 1.60. The molecule has 1 N–H and O–H groups in total. The summed E-state index contributed by atoms with van der Waals surface area (Å²) in [5.74, 6) is -2.82. The molecule has 0 saturated heterocycles. The number of hydrogen-bond acceptors (Lipinski definition) is 4. The number of carbonyl (C=O) groups excluding carboxylic acids is 2. The molecule has 1 aromatic rings. The molecule has 2 atom stereocenters. The molecule has 0 aromatic carbocycles. The third kappa shape index (κ3) is 3.19. The lowest BCUT2D eigenvalue weighted by atomic mass is 9.79. The molecule has 0 aliphatic heterocycles. The molecule has 1 aliphatic rings. The van der Waals surface area contributed by atoms with Gasteiger partial charge < -0.3 is 15.2 Å². The van der Waals surface area contributed by atoms with Crippen LogP contribution in [0.5, 0.6) is 0 Å². The van der Waals surface area contributed by atoms with Gasteiger partial charge in [-0.2, -0.15) is 0 Å². The van der Waals surface area contributed by atoms with Crippen molar-refractivity contribution in [3.8, 4) is 0 Å². The van der Waals surface area contributed by atoms with E-state index in [1.165, 1.54) is 6.20 Å². The van der Waals surface area contributed by atoms with Crippen LogP contribution in [0.3, 0.4) is 0 Å². The Kier molecular flexibility index (Phi) is 3.94. The van der Waals surface area contributed by atoms with Crippen LogP contribution in [0, 0.1) is 11.8 Å². The SMILES string of the molecule is CC1=CC[C@@H](C(=O)[O-])[C@H](C(=O)Nc2cccnc2)C1. The van der Waals surface area contributed by atoms with Gasteiger partial charge >= 0.3 is 0 Å². The highest BCUT2D eigenvalue weighted by Crippen LogP contribution is 2.30.